The van der Waals surface area contributed by atoms with Gasteiger partial charge in [-0.2, -0.15) is 0 Å². The SMILES string of the molecule is CCC(Br)C(=O)N(C)Cc1ccc(Br)cc1. The van der Waals surface area contributed by atoms with E-state index in [1.807, 2.05) is 38.2 Å². The van der Waals surface area contributed by atoms with Gasteiger partial charge >= 0.3 is 0 Å². The molecule has 0 saturated heterocycles. The standard InChI is InChI=1S/C12H15Br2NO/c1-3-11(14)12(16)15(2)8-9-4-6-10(13)7-5-9/h4-7,11H,3,8H2,1-2H3. The Hall–Kier alpha value is -0.350. The molecule has 0 N–H and O–H groups in total. The number of amides is 1. The Kier molecular flexibility index (Phi) is 5.49. The fraction of sp³-hybridized carbons (Fsp3) is 0.417. The van der Waals surface area contributed by atoms with Crippen molar-refractivity contribution in [1.29, 1.82) is 0 Å². The summed E-state index contributed by atoms with van der Waals surface area (Å²) in [5.74, 6) is 0.130. The van der Waals surface area contributed by atoms with E-state index in [9.17, 15) is 4.79 Å². The van der Waals surface area contributed by atoms with E-state index in [1.54, 1.807) is 4.90 Å². The first-order valence-corrected chi connectivity index (χ1v) is 6.89. The third-order valence-corrected chi connectivity index (χ3v) is 3.90. The summed E-state index contributed by atoms with van der Waals surface area (Å²) < 4.78 is 1.05. The highest BCUT2D eigenvalue weighted by molar-refractivity contribution is 9.10. The van der Waals surface area contributed by atoms with Crippen LogP contribution in [0.15, 0.2) is 28.7 Å². The highest BCUT2D eigenvalue weighted by Crippen LogP contribution is 2.14. The molecule has 0 saturated carbocycles. The number of rotatable bonds is 4. The molecule has 1 unspecified atom stereocenters. The van der Waals surface area contributed by atoms with E-state index in [0.717, 1.165) is 16.5 Å². The fourth-order valence-electron chi connectivity index (χ4n) is 1.36. The largest absolute Gasteiger partial charge is 0.340 e. The summed E-state index contributed by atoms with van der Waals surface area (Å²) in [5, 5.41) is 0. The van der Waals surface area contributed by atoms with E-state index >= 15 is 0 Å². The molecule has 0 aliphatic rings. The van der Waals surface area contributed by atoms with E-state index in [0.29, 0.717) is 6.54 Å². The van der Waals surface area contributed by atoms with E-state index in [4.69, 9.17) is 0 Å². The molecule has 0 spiro atoms. The molecule has 1 atom stereocenters. The summed E-state index contributed by atoms with van der Waals surface area (Å²) in [4.78, 5) is 13.5. The van der Waals surface area contributed by atoms with Crippen LogP contribution in [0.1, 0.15) is 18.9 Å². The van der Waals surface area contributed by atoms with Crippen LogP contribution in [0, 0.1) is 0 Å². The number of benzene rings is 1. The molecule has 2 nitrogen and oxygen atoms in total. The Morgan fingerprint density at radius 1 is 1.38 bits per heavy atom. The first kappa shape index (κ1) is 13.7. The van der Waals surface area contributed by atoms with Crippen molar-refractivity contribution >= 4 is 37.8 Å². The molecule has 1 aromatic carbocycles. The second-order valence-electron chi connectivity index (χ2n) is 3.70. The Morgan fingerprint density at radius 3 is 2.44 bits per heavy atom. The van der Waals surface area contributed by atoms with E-state index in [-0.39, 0.29) is 10.7 Å². The van der Waals surface area contributed by atoms with Gasteiger partial charge in [0.2, 0.25) is 5.91 Å². The summed E-state index contributed by atoms with van der Waals surface area (Å²) in [6, 6.07) is 8.00. The third-order valence-electron chi connectivity index (χ3n) is 2.34. The molecule has 1 rings (SSSR count). The van der Waals surface area contributed by atoms with Gasteiger partial charge in [0.1, 0.15) is 0 Å². The second-order valence-corrected chi connectivity index (χ2v) is 5.72. The van der Waals surface area contributed by atoms with Crippen molar-refractivity contribution in [2.24, 2.45) is 0 Å². The molecule has 0 bridgehead atoms. The lowest BCUT2D eigenvalue weighted by atomic mass is 10.2. The average Bonchev–Trinajstić information content (AvgIpc) is 2.30. The minimum absolute atomic E-state index is 0.0760. The van der Waals surface area contributed by atoms with Crippen LogP contribution in [0.25, 0.3) is 0 Å². The van der Waals surface area contributed by atoms with Crippen molar-refractivity contribution in [2.75, 3.05) is 7.05 Å². The van der Waals surface area contributed by atoms with Crippen molar-refractivity contribution in [1.82, 2.24) is 4.90 Å². The first-order valence-electron chi connectivity index (χ1n) is 5.18. The average molecular weight is 349 g/mol. The molecular weight excluding hydrogens is 334 g/mol. The summed E-state index contributed by atoms with van der Waals surface area (Å²) in [5.41, 5.74) is 1.13. The number of halogens is 2. The fourth-order valence-corrected chi connectivity index (χ4v) is 1.97. The number of hydrogen-bond donors (Lipinski definition) is 0. The number of hydrogen-bond acceptors (Lipinski definition) is 1. The minimum Gasteiger partial charge on any atom is -0.340 e. The summed E-state index contributed by atoms with van der Waals surface area (Å²) in [6.07, 6.45) is 0.809. The maximum absolute atomic E-state index is 11.8. The van der Waals surface area contributed by atoms with E-state index < -0.39 is 0 Å². The van der Waals surface area contributed by atoms with Gasteiger partial charge in [-0.3, -0.25) is 4.79 Å². The van der Waals surface area contributed by atoms with Crippen molar-refractivity contribution < 1.29 is 4.79 Å². The molecule has 4 heteroatoms. The van der Waals surface area contributed by atoms with Crippen LogP contribution < -0.4 is 0 Å². The van der Waals surface area contributed by atoms with Crippen LogP contribution in [0.4, 0.5) is 0 Å². The van der Waals surface area contributed by atoms with Gasteiger partial charge in [-0.25, -0.2) is 0 Å². The van der Waals surface area contributed by atoms with E-state index in [2.05, 4.69) is 31.9 Å². The van der Waals surface area contributed by atoms with Gasteiger partial charge in [0, 0.05) is 18.1 Å². The van der Waals surface area contributed by atoms with E-state index in [1.165, 1.54) is 0 Å². The topological polar surface area (TPSA) is 20.3 Å². The molecule has 0 aromatic heterocycles. The zero-order valence-corrected chi connectivity index (χ0v) is 12.6. The van der Waals surface area contributed by atoms with Gasteiger partial charge in [0.15, 0.2) is 0 Å². The lowest BCUT2D eigenvalue weighted by Gasteiger charge is -2.19. The lowest BCUT2D eigenvalue weighted by molar-refractivity contribution is -0.129. The second kappa shape index (κ2) is 6.40. The molecular formula is C12H15Br2NO. The predicted octanol–water partition coefficient (Wildman–Crippen LogP) is 3.58. The van der Waals surface area contributed by atoms with Crippen LogP contribution in [-0.4, -0.2) is 22.7 Å². The molecule has 0 radical (unpaired) electrons. The number of carbonyl (C=O) groups excluding carboxylic acids is 1. The first-order chi connectivity index (χ1) is 7.54. The summed E-state index contributed by atoms with van der Waals surface area (Å²) in [6.45, 7) is 2.64. The minimum atomic E-state index is -0.0760. The molecule has 0 aliphatic heterocycles. The number of nitrogens with zero attached hydrogens (tertiary/aromatic N) is 1. The Bertz CT molecular complexity index is 351. The van der Waals surface area contributed by atoms with Crippen LogP contribution in [-0.2, 0) is 11.3 Å². The molecule has 0 fully saturated rings. The van der Waals surface area contributed by atoms with Gasteiger partial charge in [-0.1, -0.05) is 50.9 Å². The summed E-state index contributed by atoms with van der Waals surface area (Å²) in [7, 11) is 1.83. The van der Waals surface area contributed by atoms with Gasteiger partial charge in [0.25, 0.3) is 0 Å². The zero-order valence-electron chi connectivity index (χ0n) is 9.41. The zero-order chi connectivity index (χ0) is 12.1. The third kappa shape index (κ3) is 3.91. The normalized spacial score (nSPS) is 12.2. The number of alkyl halides is 1. The van der Waals surface area contributed by atoms with Gasteiger partial charge < -0.3 is 4.90 Å². The molecule has 0 heterocycles. The molecule has 1 aromatic rings. The maximum Gasteiger partial charge on any atom is 0.236 e. The number of carbonyl (C=O) groups is 1. The highest BCUT2D eigenvalue weighted by Gasteiger charge is 2.16. The monoisotopic (exact) mass is 347 g/mol. The molecule has 16 heavy (non-hydrogen) atoms. The van der Waals surface area contributed by atoms with Gasteiger partial charge in [0.05, 0.1) is 4.83 Å². The quantitative estimate of drug-likeness (QED) is 0.761. The molecule has 0 aliphatic carbocycles. The Labute approximate surface area is 113 Å². The molecule has 1 amide bonds. The van der Waals surface area contributed by atoms with Gasteiger partial charge in [-0.05, 0) is 24.1 Å². The lowest BCUT2D eigenvalue weighted by Crippen LogP contribution is -2.32. The van der Waals surface area contributed by atoms with Crippen LogP contribution in [0.2, 0.25) is 0 Å². The predicted molar refractivity (Wildman–Crippen MR) is 73.6 cm³/mol. The van der Waals surface area contributed by atoms with Crippen molar-refractivity contribution in [3.8, 4) is 0 Å². The Morgan fingerprint density at radius 2 is 1.94 bits per heavy atom. The van der Waals surface area contributed by atoms with Gasteiger partial charge in [-0.15, -0.1) is 0 Å². The molecule has 88 valence electrons. The van der Waals surface area contributed by atoms with Crippen molar-refractivity contribution in [2.45, 2.75) is 24.7 Å². The van der Waals surface area contributed by atoms with Crippen molar-refractivity contribution in [3.63, 3.8) is 0 Å². The van der Waals surface area contributed by atoms with Crippen LogP contribution >= 0.6 is 31.9 Å². The maximum atomic E-state index is 11.8. The Balaban J connectivity index is 2.60. The summed E-state index contributed by atoms with van der Waals surface area (Å²) >= 11 is 6.76. The highest BCUT2D eigenvalue weighted by atomic mass is 79.9. The van der Waals surface area contributed by atoms with Crippen LogP contribution in [0.5, 0.6) is 0 Å². The van der Waals surface area contributed by atoms with Crippen LogP contribution in [0.3, 0.4) is 0 Å². The smallest absolute Gasteiger partial charge is 0.236 e. The van der Waals surface area contributed by atoms with Crippen molar-refractivity contribution in [3.05, 3.63) is 34.3 Å².